The van der Waals surface area contributed by atoms with Crippen LogP contribution in [-0.4, -0.2) is 5.92 Å². The van der Waals surface area contributed by atoms with Crippen molar-refractivity contribution in [1.82, 2.24) is 0 Å². The van der Waals surface area contributed by atoms with E-state index in [1.54, 1.807) is 22.3 Å². The van der Waals surface area contributed by atoms with Crippen molar-refractivity contribution in [2.24, 2.45) is 11.8 Å². The minimum atomic E-state index is -2.22. The molecule has 0 bridgehead atoms. The van der Waals surface area contributed by atoms with Crippen LogP contribution in [-0.2, 0) is 33.8 Å². The van der Waals surface area contributed by atoms with Gasteiger partial charge in [0.1, 0.15) is 0 Å². The van der Waals surface area contributed by atoms with Gasteiger partial charge in [-0.1, -0.05) is 0 Å². The van der Waals surface area contributed by atoms with E-state index >= 15 is 0 Å². The van der Waals surface area contributed by atoms with Crippen molar-refractivity contribution in [3.8, 4) is 22.3 Å². The second-order valence-electron chi connectivity index (χ2n) is 14.6. The summed E-state index contributed by atoms with van der Waals surface area (Å²) in [5.74, 6) is 0.135. The van der Waals surface area contributed by atoms with Gasteiger partial charge in [0.05, 0.1) is 0 Å². The third kappa shape index (κ3) is 6.10. The summed E-state index contributed by atoms with van der Waals surface area (Å²) in [5, 5.41) is 0. The average Bonchev–Trinajstić information content (AvgIpc) is 3.62. The van der Waals surface area contributed by atoms with Crippen LogP contribution in [0.5, 0.6) is 0 Å². The normalized spacial score (nSPS) is 17.0. The van der Waals surface area contributed by atoms with Crippen molar-refractivity contribution in [2.45, 2.75) is 87.6 Å². The molecule has 2 aliphatic rings. The molecule has 6 rings (SSSR count). The third-order valence-electron chi connectivity index (χ3n) is 10.5. The van der Waals surface area contributed by atoms with Gasteiger partial charge in [-0.15, -0.1) is 0 Å². The molecular formula is C44H53SiZr. The molecule has 0 aliphatic heterocycles. The van der Waals surface area contributed by atoms with Crippen LogP contribution in [0, 0.1) is 11.8 Å². The van der Waals surface area contributed by atoms with E-state index in [-0.39, 0.29) is 0 Å². The van der Waals surface area contributed by atoms with Gasteiger partial charge in [0.2, 0.25) is 0 Å². The Labute approximate surface area is 288 Å². The Morgan fingerprint density at radius 3 is 1.30 bits per heavy atom. The van der Waals surface area contributed by atoms with Gasteiger partial charge in [0, 0.05) is 0 Å². The summed E-state index contributed by atoms with van der Waals surface area (Å²) < 4.78 is 1.30. The van der Waals surface area contributed by atoms with E-state index in [1.165, 1.54) is 57.3 Å². The van der Waals surface area contributed by atoms with Crippen molar-refractivity contribution in [1.29, 1.82) is 0 Å². The zero-order valence-corrected chi connectivity index (χ0v) is 33.1. The van der Waals surface area contributed by atoms with Crippen molar-refractivity contribution in [3.05, 3.63) is 129 Å². The van der Waals surface area contributed by atoms with E-state index in [1.807, 2.05) is 0 Å². The molecule has 237 valence electrons. The Morgan fingerprint density at radius 1 is 0.543 bits per heavy atom. The summed E-state index contributed by atoms with van der Waals surface area (Å²) in [6.45, 7) is 19.9. The minimum absolute atomic E-state index is 0.555. The monoisotopic (exact) mass is 699 g/mol. The molecule has 0 spiro atoms. The van der Waals surface area contributed by atoms with E-state index in [2.05, 4.69) is 152 Å². The van der Waals surface area contributed by atoms with E-state index in [0.717, 1.165) is 12.8 Å². The van der Waals surface area contributed by atoms with Crippen molar-refractivity contribution in [2.75, 3.05) is 0 Å². The molecule has 0 amide bonds. The van der Waals surface area contributed by atoms with Gasteiger partial charge in [0.25, 0.3) is 0 Å². The molecule has 0 saturated heterocycles. The number of aryl methyl sites for hydroxylation is 2. The Morgan fingerprint density at radius 2 is 0.935 bits per heavy atom. The van der Waals surface area contributed by atoms with Gasteiger partial charge >= 0.3 is 290 Å². The topological polar surface area (TPSA) is 0 Å². The van der Waals surface area contributed by atoms with Crippen LogP contribution in [0.3, 0.4) is 0 Å². The van der Waals surface area contributed by atoms with E-state index in [9.17, 15) is 0 Å². The van der Waals surface area contributed by atoms with E-state index < -0.39 is 26.8 Å². The molecule has 0 radical (unpaired) electrons. The predicted octanol–water partition coefficient (Wildman–Crippen LogP) is 12.4. The fourth-order valence-corrected chi connectivity index (χ4v) is 31.8. The molecular weight excluding hydrogens is 648 g/mol. The quantitative estimate of drug-likeness (QED) is 0.137. The van der Waals surface area contributed by atoms with E-state index in [0.29, 0.717) is 19.1 Å². The second kappa shape index (κ2) is 14.3. The average molecular weight is 701 g/mol. The van der Waals surface area contributed by atoms with Crippen molar-refractivity contribution >= 4 is 18.1 Å². The van der Waals surface area contributed by atoms with Crippen molar-refractivity contribution < 1.29 is 20.9 Å². The van der Waals surface area contributed by atoms with Gasteiger partial charge in [-0.3, -0.25) is 0 Å². The summed E-state index contributed by atoms with van der Waals surface area (Å²) >= 11 is -2.22. The summed E-state index contributed by atoms with van der Waals surface area (Å²) in [6.07, 6.45) is 9.96. The van der Waals surface area contributed by atoms with Crippen LogP contribution in [0.4, 0.5) is 0 Å². The van der Waals surface area contributed by atoms with Crippen LogP contribution in [0.1, 0.15) is 95.0 Å². The van der Waals surface area contributed by atoms with Gasteiger partial charge in [0.15, 0.2) is 0 Å². The van der Waals surface area contributed by atoms with Gasteiger partial charge in [-0.05, 0) is 0 Å². The first-order valence-electron chi connectivity index (χ1n) is 18.0. The third-order valence-corrected chi connectivity index (χ3v) is 32.1. The summed E-state index contributed by atoms with van der Waals surface area (Å²) in [5.41, 5.74) is 18.6. The molecule has 4 aromatic rings. The zero-order chi connectivity index (χ0) is 32.5. The first-order chi connectivity index (χ1) is 22.3. The van der Waals surface area contributed by atoms with Crippen LogP contribution in [0.15, 0.2) is 96.1 Å². The van der Waals surface area contributed by atoms with Crippen LogP contribution in [0.2, 0.25) is 13.1 Å². The number of benzene rings is 4. The number of rotatable bonds is 11. The SMILES string of the molecule is CCCc1ccccc1-c1cccc2c1C=C(C(C)C)[CH]2[Zr]([CH]1C(C(C)C)=Cc2c(-c3ccccc3CCC)cccc21)[SiH](C)C. The fraction of sp³-hybridized carbons (Fsp3) is 0.364. The van der Waals surface area contributed by atoms with Gasteiger partial charge < -0.3 is 0 Å². The Hall–Kier alpha value is -2.54. The van der Waals surface area contributed by atoms with E-state index in [4.69, 9.17) is 0 Å². The molecule has 0 nitrogen and oxygen atoms in total. The molecule has 2 aliphatic carbocycles. The van der Waals surface area contributed by atoms with Crippen molar-refractivity contribution in [3.63, 3.8) is 0 Å². The molecule has 0 aromatic heterocycles. The van der Waals surface area contributed by atoms with Crippen LogP contribution in [0.25, 0.3) is 34.4 Å². The molecule has 46 heavy (non-hydrogen) atoms. The second-order valence-corrected chi connectivity index (χ2v) is 34.6. The molecule has 0 fully saturated rings. The standard InChI is InChI=1S/2C21H23.C2H7Si.Zr/c2*1-4-8-16-9-5-6-11-19(16)20-12-7-10-17-13-18(15(2)3)14-21(17)20;1-3-2;/h2*5-7,9-15H,4,8H2,1-3H3;3H,1-2H3;. The summed E-state index contributed by atoms with van der Waals surface area (Å²) in [7, 11) is 0. The fourth-order valence-electron chi connectivity index (χ4n) is 8.44. The molecule has 0 heterocycles. The molecule has 0 saturated carbocycles. The molecule has 4 aromatic carbocycles. The van der Waals surface area contributed by atoms with Crippen LogP contribution >= 0.6 is 0 Å². The Balaban J connectivity index is 1.53. The van der Waals surface area contributed by atoms with Crippen LogP contribution < -0.4 is 0 Å². The molecule has 2 unspecified atom stereocenters. The number of allylic oxidation sites excluding steroid dienone is 2. The van der Waals surface area contributed by atoms with Gasteiger partial charge in [-0.2, -0.15) is 0 Å². The molecule has 2 heteroatoms. The predicted molar refractivity (Wildman–Crippen MR) is 202 cm³/mol. The molecule has 0 N–H and O–H groups in total. The Bertz CT molecular complexity index is 1640. The maximum absolute atomic E-state index is 2.71. The van der Waals surface area contributed by atoms with Gasteiger partial charge in [-0.25, -0.2) is 0 Å². The molecule has 2 atom stereocenters. The summed E-state index contributed by atoms with van der Waals surface area (Å²) in [4.78, 5) is 0. The number of hydrogen-bond donors (Lipinski definition) is 0. The number of hydrogen-bond acceptors (Lipinski definition) is 0. The first kappa shape index (κ1) is 33.4. The first-order valence-corrected chi connectivity index (χ1v) is 28.0. The maximum atomic E-state index is 2.71. The summed E-state index contributed by atoms with van der Waals surface area (Å²) in [6, 6.07) is 33.0. The number of fused-ring (bicyclic) bond motifs is 2. The Kier molecular flexibility index (Phi) is 10.4. The zero-order valence-electron chi connectivity index (χ0n) is 29.5.